The van der Waals surface area contributed by atoms with Crippen LogP contribution in [-0.4, -0.2) is 25.6 Å². The molecule has 1 aliphatic carbocycles. The Kier molecular flexibility index (Phi) is 6.34. The second-order valence-electron chi connectivity index (χ2n) is 4.78. The van der Waals surface area contributed by atoms with Gasteiger partial charge in [-0.1, -0.05) is 12.8 Å². The lowest BCUT2D eigenvalue weighted by Gasteiger charge is -2.03. The molecule has 0 bridgehead atoms. The third-order valence-corrected chi connectivity index (χ3v) is 4.42. The Morgan fingerprint density at radius 3 is 2.35 bits per heavy atom. The SMILES string of the molecule is CC(C)(O)O.IPn1cc(C2CCCC2)cn1. The summed E-state index contributed by atoms with van der Waals surface area (Å²) < 4.78 is 2.04. The molecule has 2 N–H and O–H groups in total. The van der Waals surface area contributed by atoms with Gasteiger partial charge in [0.05, 0.1) is 12.6 Å². The fourth-order valence-corrected chi connectivity index (χ4v) is 2.94. The molecule has 1 unspecified atom stereocenters. The highest BCUT2D eigenvalue weighted by Gasteiger charge is 2.18. The fourth-order valence-electron chi connectivity index (χ4n) is 1.85. The van der Waals surface area contributed by atoms with Gasteiger partial charge in [0.1, 0.15) is 0 Å². The van der Waals surface area contributed by atoms with Crippen LogP contribution in [0.25, 0.3) is 0 Å². The van der Waals surface area contributed by atoms with Crippen molar-refractivity contribution in [2.24, 2.45) is 0 Å². The molecule has 0 spiro atoms. The summed E-state index contributed by atoms with van der Waals surface area (Å²) >= 11 is 2.36. The molecule has 1 atom stereocenters. The van der Waals surface area contributed by atoms with Crippen LogP contribution >= 0.6 is 28.4 Å². The molecule has 4 nitrogen and oxygen atoms in total. The maximum Gasteiger partial charge on any atom is 0.156 e. The maximum atomic E-state index is 8.08. The van der Waals surface area contributed by atoms with Crippen molar-refractivity contribution in [3.8, 4) is 0 Å². The highest BCUT2D eigenvalue weighted by Crippen LogP contribution is 2.35. The molecule has 1 aromatic rings. The number of hydrogen-bond acceptors (Lipinski definition) is 3. The predicted octanol–water partition coefficient (Wildman–Crippen LogP) is 3.04. The van der Waals surface area contributed by atoms with Crippen LogP contribution in [0.5, 0.6) is 0 Å². The van der Waals surface area contributed by atoms with Gasteiger partial charge in [0.15, 0.2) is 5.79 Å². The Morgan fingerprint density at radius 2 is 1.94 bits per heavy atom. The van der Waals surface area contributed by atoms with Gasteiger partial charge in [-0.3, -0.25) is 0 Å². The van der Waals surface area contributed by atoms with Crippen molar-refractivity contribution < 1.29 is 10.2 Å². The molecule has 6 heteroatoms. The number of aliphatic hydroxyl groups is 2. The summed E-state index contributed by atoms with van der Waals surface area (Å²) in [4.78, 5) is 0. The van der Waals surface area contributed by atoms with Crippen molar-refractivity contribution in [1.82, 2.24) is 9.55 Å². The van der Waals surface area contributed by atoms with Gasteiger partial charge in [-0.15, -0.1) is 0 Å². The number of hydrogen-bond donors (Lipinski definition) is 2. The van der Waals surface area contributed by atoms with Gasteiger partial charge in [0.25, 0.3) is 0 Å². The van der Waals surface area contributed by atoms with Crippen LogP contribution in [0.4, 0.5) is 0 Å². The Bertz CT molecular complexity index is 326. The summed E-state index contributed by atoms with van der Waals surface area (Å²) in [6.45, 7) is 2.60. The van der Waals surface area contributed by atoms with E-state index in [1.807, 2.05) is 10.6 Å². The van der Waals surface area contributed by atoms with Gasteiger partial charge in [0, 0.05) is 6.20 Å². The van der Waals surface area contributed by atoms with Crippen LogP contribution in [0.1, 0.15) is 51.0 Å². The molecule has 0 aromatic carbocycles. The summed E-state index contributed by atoms with van der Waals surface area (Å²) in [5.41, 5.74) is 1.46. The van der Waals surface area contributed by atoms with Gasteiger partial charge in [0.2, 0.25) is 0 Å². The van der Waals surface area contributed by atoms with Crippen molar-refractivity contribution in [3.05, 3.63) is 18.0 Å². The normalized spacial score (nSPS) is 17.5. The van der Waals surface area contributed by atoms with Gasteiger partial charge < -0.3 is 10.2 Å². The molecule has 17 heavy (non-hydrogen) atoms. The summed E-state index contributed by atoms with van der Waals surface area (Å²) in [7, 11) is 0. The van der Waals surface area contributed by atoms with E-state index in [1.165, 1.54) is 45.1 Å². The van der Waals surface area contributed by atoms with Crippen LogP contribution in [0.2, 0.25) is 0 Å². The third kappa shape index (κ3) is 6.70. The van der Waals surface area contributed by atoms with Gasteiger partial charge in [-0.2, -0.15) is 5.10 Å². The van der Waals surface area contributed by atoms with Gasteiger partial charge in [-0.25, -0.2) is 4.45 Å². The van der Waals surface area contributed by atoms with E-state index in [4.69, 9.17) is 10.2 Å². The number of halogens is 1. The molecule has 0 amide bonds. The average molecular weight is 370 g/mol. The van der Waals surface area contributed by atoms with E-state index in [0.29, 0.717) is 0 Å². The first-order chi connectivity index (χ1) is 7.90. The number of nitrogens with zero attached hydrogens (tertiary/aromatic N) is 2. The summed E-state index contributed by atoms with van der Waals surface area (Å²) in [5, 5.41) is 20.5. The summed E-state index contributed by atoms with van der Waals surface area (Å²) in [6, 6.07) is 0. The summed E-state index contributed by atoms with van der Waals surface area (Å²) in [6.07, 6.45) is 10.5. The highest BCUT2D eigenvalue weighted by atomic mass is 127. The molecule has 0 saturated heterocycles. The zero-order valence-electron chi connectivity index (χ0n) is 10.2. The second kappa shape index (κ2) is 7.02. The molecule has 0 radical (unpaired) electrons. The van der Waals surface area contributed by atoms with Gasteiger partial charge >= 0.3 is 0 Å². The van der Waals surface area contributed by atoms with Crippen molar-refractivity contribution in [3.63, 3.8) is 0 Å². The lowest BCUT2D eigenvalue weighted by atomic mass is 10.0. The first-order valence-electron chi connectivity index (χ1n) is 5.76. The Hall–Kier alpha value is 0.290. The molecule has 1 heterocycles. The van der Waals surface area contributed by atoms with E-state index in [2.05, 4.69) is 33.3 Å². The first kappa shape index (κ1) is 15.3. The molecule has 1 saturated carbocycles. The zero-order chi connectivity index (χ0) is 12.9. The van der Waals surface area contributed by atoms with Crippen LogP contribution in [-0.2, 0) is 0 Å². The zero-order valence-corrected chi connectivity index (χ0v) is 13.4. The quantitative estimate of drug-likeness (QED) is 0.478. The second-order valence-corrected chi connectivity index (χ2v) is 6.85. The van der Waals surface area contributed by atoms with E-state index in [1.54, 1.807) is 0 Å². The number of rotatable bonds is 2. The Balaban J connectivity index is 0.000000249. The van der Waals surface area contributed by atoms with E-state index in [-0.39, 0.29) is 0 Å². The van der Waals surface area contributed by atoms with Crippen molar-refractivity contribution in [2.75, 3.05) is 0 Å². The largest absolute Gasteiger partial charge is 0.366 e. The van der Waals surface area contributed by atoms with Gasteiger partial charge in [-0.05, 0) is 60.2 Å². The topological polar surface area (TPSA) is 58.3 Å². The van der Waals surface area contributed by atoms with Crippen molar-refractivity contribution in [2.45, 2.75) is 51.2 Å². The van der Waals surface area contributed by atoms with E-state index < -0.39 is 5.79 Å². The minimum absolute atomic E-state index is 0.742. The first-order valence-corrected chi connectivity index (χ1v) is 9.82. The van der Waals surface area contributed by atoms with E-state index >= 15 is 0 Å². The lowest BCUT2D eigenvalue weighted by Crippen LogP contribution is -2.15. The van der Waals surface area contributed by atoms with Crippen LogP contribution in [0.15, 0.2) is 12.4 Å². The van der Waals surface area contributed by atoms with Crippen molar-refractivity contribution in [1.29, 1.82) is 0 Å². The monoisotopic (exact) mass is 370 g/mol. The number of aromatic nitrogens is 2. The average Bonchev–Trinajstić information content (AvgIpc) is 2.86. The molecule has 1 fully saturated rings. The molecule has 1 aromatic heterocycles. The Morgan fingerprint density at radius 1 is 1.41 bits per heavy atom. The smallest absolute Gasteiger partial charge is 0.156 e. The minimum Gasteiger partial charge on any atom is -0.366 e. The highest BCUT2D eigenvalue weighted by molar-refractivity contribution is 14.2. The van der Waals surface area contributed by atoms with Crippen LogP contribution < -0.4 is 0 Å². The predicted molar refractivity (Wildman–Crippen MR) is 79.7 cm³/mol. The van der Waals surface area contributed by atoms with E-state index in [9.17, 15) is 0 Å². The standard InChI is InChI=1S/C8H12IN2P.C3H8O2/c9-12-11-6-8(5-10-11)7-3-1-2-4-7;1-3(2,4)5/h5-7,12H,1-4H2;4-5H,1-2H3. The van der Waals surface area contributed by atoms with Crippen molar-refractivity contribution >= 4 is 28.4 Å². The lowest BCUT2D eigenvalue weighted by molar-refractivity contribution is -0.127. The molecule has 2 rings (SSSR count). The van der Waals surface area contributed by atoms with E-state index in [0.717, 1.165) is 12.3 Å². The van der Waals surface area contributed by atoms with Crippen LogP contribution in [0.3, 0.4) is 0 Å². The maximum absolute atomic E-state index is 8.08. The molecular weight excluding hydrogens is 350 g/mol. The van der Waals surface area contributed by atoms with Crippen LogP contribution in [0, 0.1) is 0 Å². The third-order valence-electron chi connectivity index (χ3n) is 2.52. The fraction of sp³-hybridized carbons (Fsp3) is 0.727. The molecule has 1 aliphatic rings. The molecular formula is C11H20IN2O2P. The molecule has 98 valence electrons. The Labute approximate surface area is 117 Å². The molecule has 0 aliphatic heterocycles. The summed E-state index contributed by atoms with van der Waals surface area (Å²) in [5.74, 6) is -0.688. The minimum atomic E-state index is -1.50.